The highest BCUT2D eigenvalue weighted by atomic mass is 79.9. The van der Waals surface area contributed by atoms with E-state index in [9.17, 15) is 0 Å². The molecule has 0 aliphatic carbocycles. The number of benzene rings is 1. The molecule has 4 heteroatoms. The molecule has 2 atom stereocenters. The van der Waals surface area contributed by atoms with Crippen LogP contribution >= 0.6 is 15.9 Å². The van der Waals surface area contributed by atoms with Crippen LogP contribution in [0.2, 0.25) is 0 Å². The average molecular weight is 326 g/mol. The lowest BCUT2D eigenvalue weighted by atomic mass is 10.0. The largest absolute Gasteiger partial charge is 0.329 e. The second kappa shape index (κ2) is 6.84. The minimum absolute atomic E-state index is 0.343. The molecule has 0 bridgehead atoms. The molecule has 1 fully saturated rings. The Labute approximate surface area is 124 Å². The minimum Gasteiger partial charge on any atom is -0.329 e. The van der Waals surface area contributed by atoms with E-state index in [1.54, 1.807) is 0 Å². The number of piperazine rings is 1. The molecule has 1 saturated heterocycles. The molecule has 1 aliphatic heterocycles. The standard InChI is InChI=1S/C15H24BrN3/c1-3-14-11-19(9-8-18(14)2)15(10-17)12-4-6-13(16)7-5-12/h4-7,14-15H,3,8-11,17H2,1-2H3. The molecule has 2 N–H and O–H groups in total. The second-order valence-corrected chi connectivity index (χ2v) is 6.26. The van der Waals surface area contributed by atoms with E-state index < -0.39 is 0 Å². The summed E-state index contributed by atoms with van der Waals surface area (Å²) in [6, 6.07) is 9.56. The van der Waals surface area contributed by atoms with Crippen LogP contribution in [0.5, 0.6) is 0 Å². The van der Waals surface area contributed by atoms with E-state index in [4.69, 9.17) is 5.73 Å². The first-order chi connectivity index (χ1) is 9.15. The van der Waals surface area contributed by atoms with Crippen molar-refractivity contribution >= 4 is 15.9 Å². The Kier molecular flexibility index (Phi) is 5.39. The number of rotatable bonds is 4. The van der Waals surface area contributed by atoms with Gasteiger partial charge in [0.15, 0.2) is 0 Å². The van der Waals surface area contributed by atoms with Crippen molar-refractivity contribution in [1.82, 2.24) is 9.80 Å². The van der Waals surface area contributed by atoms with Gasteiger partial charge in [-0.1, -0.05) is 35.0 Å². The van der Waals surface area contributed by atoms with Crippen LogP contribution in [-0.4, -0.2) is 49.1 Å². The molecule has 1 aromatic carbocycles. The number of nitrogens with zero attached hydrogens (tertiary/aromatic N) is 2. The topological polar surface area (TPSA) is 32.5 Å². The zero-order chi connectivity index (χ0) is 13.8. The number of likely N-dealkylation sites (N-methyl/N-ethyl adjacent to an activating group) is 1. The van der Waals surface area contributed by atoms with E-state index in [0.29, 0.717) is 18.6 Å². The van der Waals surface area contributed by atoms with Gasteiger partial charge in [-0.3, -0.25) is 4.90 Å². The fraction of sp³-hybridized carbons (Fsp3) is 0.600. The summed E-state index contributed by atoms with van der Waals surface area (Å²) in [5.41, 5.74) is 7.35. The molecule has 0 saturated carbocycles. The predicted molar refractivity (Wildman–Crippen MR) is 84.2 cm³/mol. The smallest absolute Gasteiger partial charge is 0.0471 e. The van der Waals surface area contributed by atoms with E-state index in [1.807, 2.05) is 0 Å². The third-order valence-electron chi connectivity index (χ3n) is 4.20. The van der Waals surface area contributed by atoms with Crippen LogP contribution in [-0.2, 0) is 0 Å². The summed E-state index contributed by atoms with van der Waals surface area (Å²) in [7, 11) is 2.22. The van der Waals surface area contributed by atoms with Crippen LogP contribution in [0.3, 0.4) is 0 Å². The van der Waals surface area contributed by atoms with Gasteiger partial charge < -0.3 is 10.6 Å². The van der Waals surface area contributed by atoms with Gasteiger partial charge in [0.1, 0.15) is 0 Å². The van der Waals surface area contributed by atoms with Crippen LogP contribution in [0.4, 0.5) is 0 Å². The molecular formula is C15H24BrN3. The Morgan fingerprint density at radius 3 is 2.58 bits per heavy atom. The van der Waals surface area contributed by atoms with E-state index in [-0.39, 0.29) is 0 Å². The lowest BCUT2D eigenvalue weighted by molar-refractivity contribution is 0.0644. The van der Waals surface area contributed by atoms with Gasteiger partial charge in [0.2, 0.25) is 0 Å². The maximum atomic E-state index is 6.03. The zero-order valence-electron chi connectivity index (χ0n) is 11.8. The number of hydrogen-bond acceptors (Lipinski definition) is 3. The number of nitrogens with two attached hydrogens (primary N) is 1. The lowest BCUT2D eigenvalue weighted by Crippen LogP contribution is -2.53. The van der Waals surface area contributed by atoms with E-state index in [2.05, 4.69) is 64.0 Å². The SMILES string of the molecule is CCC1CN(C(CN)c2ccc(Br)cc2)CCN1C. The summed E-state index contributed by atoms with van der Waals surface area (Å²) in [6.07, 6.45) is 1.20. The first-order valence-electron chi connectivity index (χ1n) is 7.05. The van der Waals surface area contributed by atoms with Gasteiger partial charge in [0, 0.05) is 42.7 Å². The van der Waals surface area contributed by atoms with Gasteiger partial charge in [-0.05, 0) is 31.2 Å². The molecule has 106 valence electrons. The highest BCUT2D eigenvalue weighted by Gasteiger charge is 2.27. The molecule has 0 spiro atoms. The van der Waals surface area contributed by atoms with Crippen molar-refractivity contribution in [3.8, 4) is 0 Å². The van der Waals surface area contributed by atoms with Crippen molar-refractivity contribution in [3.05, 3.63) is 34.3 Å². The summed E-state index contributed by atoms with van der Waals surface area (Å²) in [5.74, 6) is 0. The molecule has 0 amide bonds. The summed E-state index contributed by atoms with van der Waals surface area (Å²) in [6.45, 7) is 6.30. The molecule has 2 unspecified atom stereocenters. The van der Waals surface area contributed by atoms with Crippen molar-refractivity contribution < 1.29 is 0 Å². The van der Waals surface area contributed by atoms with Gasteiger partial charge >= 0.3 is 0 Å². The van der Waals surface area contributed by atoms with Crippen LogP contribution in [0.15, 0.2) is 28.7 Å². The van der Waals surface area contributed by atoms with Crippen molar-refractivity contribution in [2.45, 2.75) is 25.4 Å². The number of hydrogen-bond donors (Lipinski definition) is 1. The van der Waals surface area contributed by atoms with Gasteiger partial charge in [-0.15, -0.1) is 0 Å². The highest BCUT2D eigenvalue weighted by Crippen LogP contribution is 2.24. The quantitative estimate of drug-likeness (QED) is 0.923. The maximum absolute atomic E-state index is 6.03. The van der Waals surface area contributed by atoms with Gasteiger partial charge in [0.25, 0.3) is 0 Å². The maximum Gasteiger partial charge on any atom is 0.0471 e. The monoisotopic (exact) mass is 325 g/mol. The Bertz CT molecular complexity index is 393. The van der Waals surface area contributed by atoms with Crippen LogP contribution in [0, 0.1) is 0 Å². The molecule has 0 radical (unpaired) electrons. The van der Waals surface area contributed by atoms with E-state index >= 15 is 0 Å². The highest BCUT2D eigenvalue weighted by molar-refractivity contribution is 9.10. The van der Waals surface area contributed by atoms with Crippen LogP contribution < -0.4 is 5.73 Å². The van der Waals surface area contributed by atoms with E-state index in [0.717, 1.165) is 24.1 Å². The van der Waals surface area contributed by atoms with Gasteiger partial charge in [-0.25, -0.2) is 0 Å². The van der Waals surface area contributed by atoms with Gasteiger partial charge in [-0.2, -0.15) is 0 Å². The first kappa shape index (κ1) is 15.0. The molecule has 1 heterocycles. The second-order valence-electron chi connectivity index (χ2n) is 5.34. The normalized spacial score (nSPS) is 23.5. The summed E-state index contributed by atoms with van der Waals surface area (Å²) < 4.78 is 1.12. The Hall–Kier alpha value is -0.420. The molecule has 3 nitrogen and oxygen atoms in total. The predicted octanol–water partition coefficient (Wildman–Crippen LogP) is 2.47. The van der Waals surface area contributed by atoms with Crippen molar-refractivity contribution in [3.63, 3.8) is 0 Å². The van der Waals surface area contributed by atoms with Crippen molar-refractivity contribution in [2.24, 2.45) is 5.73 Å². The lowest BCUT2D eigenvalue weighted by Gasteiger charge is -2.42. The van der Waals surface area contributed by atoms with E-state index in [1.165, 1.54) is 12.0 Å². The number of halogens is 1. The summed E-state index contributed by atoms with van der Waals surface area (Å²) in [4.78, 5) is 5.00. The third-order valence-corrected chi connectivity index (χ3v) is 4.73. The summed E-state index contributed by atoms with van der Waals surface area (Å²) >= 11 is 3.49. The Balaban J connectivity index is 2.11. The van der Waals surface area contributed by atoms with Gasteiger partial charge in [0.05, 0.1) is 0 Å². The van der Waals surface area contributed by atoms with Crippen molar-refractivity contribution in [2.75, 3.05) is 33.2 Å². The van der Waals surface area contributed by atoms with Crippen LogP contribution in [0.25, 0.3) is 0 Å². The summed E-state index contributed by atoms with van der Waals surface area (Å²) in [5, 5.41) is 0. The Morgan fingerprint density at radius 2 is 2.00 bits per heavy atom. The molecule has 2 rings (SSSR count). The average Bonchev–Trinajstić information content (AvgIpc) is 2.43. The fourth-order valence-electron chi connectivity index (χ4n) is 2.87. The third kappa shape index (κ3) is 3.57. The fourth-order valence-corrected chi connectivity index (χ4v) is 3.14. The molecule has 0 aromatic heterocycles. The Morgan fingerprint density at radius 1 is 1.32 bits per heavy atom. The van der Waals surface area contributed by atoms with Crippen molar-refractivity contribution in [1.29, 1.82) is 0 Å². The zero-order valence-corrected chi connectivity index (χ0v) is 13.4. The molecule has 19 heavy (non-hydrogen) atoms. The first-order valence-corrected chi connectivity index (χ1v) is 7.84. The molecule has 1 aliphatic rings. The molecule has 1 aromatic rings. The molecular weight excluding hydrogens is 302 g/mol. The minimum atomic E-state index is 0.343. The van der Waals surface area contributed by atoms with Crippen LogP contribution in [0.1, 0.15) is 24.9 Å².